The smallest absolute Gasteiger partial charge is 0.0768 e. The van der Waals surface area contributed by atoms with Crippen LogP contribution in [0, 0.1) is 6.92 Å². The molecule has 0 radical (unpaired) electrons. The third-order valence-corrected chi connectivity index (χ3v) is 5.59. The van der Waals surface area contributed by atoms with Crippen molar-refractivity contribution in [3.63, 3.8) is 0 Å². The van der Waals surface area contributed by atoms with Gasteiger partial charge in [-0.15, -0.1) is 31.0 Å². The maximum atomic E-state index is 4.42. The van der Waals surface area contributed by atoms with Gasteiger partial charge < -0.3 is 6.92 Å². The average molecular weight is 759 g/mol. The van der Waals surface area contributed by atoms with E-state index in [1.54, 1.807) is 6.20 Å². The molecule has 0 fully saturated rings. The number of hydrogen-bond acceptors (Lipinski definition) is 3. The molecule has 0 aliphatic heterocycles. The van der Waals surface area contributed by atoms with Crippen molar-refractivity contribution >= 4 is 112 Å². The van der Waals surface area contributed by atoms with Crippen molar-refractivity contribution in [2.24, 2.45) is 9.98 Å². The van der Waals surface area contributed by atoms with Gasteiger partial charge in [-0.25, -0.2) is 0 Å². The maximum Gasteiger partial charge on any atom is 0.0768 e. The van der Waals surface area contributed by atoms with Gasteiger partial charge in [-0.2, -0.15) is 0 Å². The van der Waals surface area contributed by atoms with E-state index in [0.717, 1.165) is 41.2 Å². The van der Waals surface area contributed by atoms with Crippen LogP contribution in [0.1, 0.15) is 5.56 Å². The number of pyridine rings is 1. The summed E-state index contributed by atoms with van der Waals surface area (Å²) in [5, 5.41) is 0. The molecule has 0 bridgehead atoms. The molecule has 0 unspecified atom stereocenters. The van der Waals surface area contributed by atoms with E-state index in [4.69, 9.17) is 0 Å². The Morgan fingerprint density at radius 2 is 1.39 bits per heavy atom. The van der Waals surface area contributed by atoms with Gasteiger partial charge in [-0.1, -0.05) is 37.9 Å². The topological polar surface area (TPSA) is 37.6 Å². The zero-order valence-corrected chi connectivity index (χ0v) is 24.9. The molecule has 0 atom stereocenters. The number of halogens is 6. The fourth-order valence-electron chi connectivity index (χ4n) is 2.04. The second kappa shape index (κ2) is 18.3. The summed E-state index contributed by atoms with van der Waals surface area (Å²) in [5.41, 5.74) is 2.98. The molecule has 168 valence electrons. The van der Waals surface area contributed by atoms with Crippen LogP contribution < -0.4 is 0 Å². The molecular formula is C21H18Br4Cl2FeN3-. The molecule has 0 saturated heterocycles. The fourth-order valence-corrected chi connectivity index (χ4v) is 4.34. The van der Waals surface area contributed by atoms with Crippen molar-refractivity contribution < 1.29 is 17.1 Å². The summed E-state index contributed by atoms with van der Waals surface area (Å²) >= 11 is 13.6. The first-order valence-electron chi connectivity index (χ1n) is 8.13. The summed E-state index contributed by atoms with van der Waals surface area (Å²) < 4.78 is 4.02. The molecule has 3 aromatic rings. The summed E-state index contributed by atoms with van der Waals surface area (Å²) in [7, 11) is 0. The Morgan fingerprint density at radius 1 is 0.839 bits per heavy atom. The maximum absolute atomic E-state index is 4.42. The number of nitrogens with zero attached hydrogens (tertiary/aromatic N) is 3. The molecule has 0 spiro atoms. The molecule has 1 aromatic heterocycles. The molecule has 0 aliphatic rings. The van der Waals surface area contributed by atoms with Crippen molar-refractivity contribution in [3.05, 3.63) is 91.3 Å². The zero-order chi connectivity index (χ0) is 20.4. The molecule has 1 heterocycles. The Labute approximate surface area is 239 Å². The predicted molar refractivity (Wildman–Crippen MR) is 148 cm³/mol. The van der Waals surface area contributed by atoms with Crippen molar-refractivity contribution in [3.8, 4) is 0 Å². The van der Waals surface area contributed by atoms with Gasteiger partial charge in [0.15, 0.2) is 0 Å². The van der Waals surface area contributed by atoms with Crippen LogP contribution in [0.25, 0.3) is 0 Å². The van der Waals surface area contributed by atoms with E-state index in [0.29, 0.717) is 0 Å². The number of rotatable bonds is 4. The van der Waals surface area contributed by atoms with Crippen LogP contribution in [0.3, 0.4) is 0 Å². The first-order chi connectivity index (χ1) is 13.5. The van der Waals surface area contributed by atoms with E-state index < -0.39 is 0 Å². The SMILES string of the molecule is Brc1ccc(N=CCc2cccnc2)c(Br)c1.Cl.Cl.[CH2-]C=Nc1ccc(Br)cc1Br.[Fe]. The molecule has 0 N–H and O–H groups in total. The van der Waals surface area contributed by atoms with E-state index in [1.165, 1.54) is 6.21 Å². The van der Waals surface area contributed by atoms with Gasteiger partial charge in [0.25, 0.3) is 0 Å². The third-order valence-electron chi connectivity index (χ3n) is 3.33. The summed E-state index contributed by atoms with van der Waals surface area (Å²) in [6, 6.07) is 15.7. The second-order valence-electron chi connectivity index (χ2n) is 5.38. The number of benzene rings is 2. The minimum atomic E-state index is 0. The van der Waals surface area contributed by atoms with Crippen LogP contribution in [0.5, 0.6) is 0 Å². The Balaban J connectivity index is 0. The fraction of sp³-hybridized carbons (Fsp3) is 0.0476. The molecule has 0 aliphatic carbocycles. The summed E-state index contributed by atoms with van der Waals surface area (Å²) in [6.45, 7) is 3.52. The van der Waals surface area contributed by atoms with Gasteiger partial charge in [0.2, 0.25) is 0 Å². The van der Waals surface area contributed by atoms with E-state index in [1.807, 2.05) is 60.9 Å². The van der Waals surface area contributed by atoms with Crippen molar-refractivity contribution in [1.29, 1.82) is 0 Å². The van der Waals surface area contributed by atoms with Gasteiger partial charge in [0.05, 0.1) is 11.4 Å². The molecule has 2 aromatic carbocycles. The molecule has 0 amide bonds. The molecular weight excluding hydrogens is 741 g/mol. The Hall–Kier alpha value is -0.181. The molecule has 3 rings (SSSR count). The van der Waals surface area contributed by atoms with Crippen LogP contribution in [0.2, 0.25) is 0 Å². The normalized spacial score (nSPS) is 9.81. The number of aliphatic imine (C=N–C) groups is 2. The van der Waals surface area contributed by atoms with E-state index in [2.05, 4.69) is 85.6 Å². The van der Waals surface area contributed by atoms with Gasteiger partial charge >= 0.3 is 0 Å². The van der Waals surface area contributed by atoms with Gasteiger partial charge in [-0.3, -0.25) is 15.0 Å². The molecule has 10 heteroatoms. The van der Waals surface area contributed by atoms with Crippen molar-refractivity contribution in [2.75, 3.05) is 0 Å². The van der Waals surface area contributed by atoms with Gasteiger partial charge in [0, 0.05) is 60.0 Å². The van der Waals surface area contributed by atoms with Crippen LogP contribution in [-0.2, 0) is 23.5 Å². The molecule has 0 saturated carbocycles. The quantitative estimate of drug-likeness (QED) is 0.149. The van der Waals surface area contributed by atoms with Crippen LogP contribution in [0.15, 0.2) is 88.8 Å². The Bertz CT molecular complexity index is 974. The standard InChI is InChI=1S/C13H10Br2N2.C8H6Br2N.2ClH.Fe/c14-11-3-4-13(12(15)8-11)17-7-5-10-2-1-6-16-9-10;1-2-11-8-4-3-6(9)5-7(8)10;;;/h1-4,6-9H,5H2;2-5H,1H2;2*1H;/q;-1;;;. The predicted octanol–water partition coefficient (Wildman–Crippen LogP) is 9.14. The minimum absolute atomic E-state index is 0. The van der Waals surface area contributed by atoms with Crippen LogP contribution in [0.4, 0.5) is 11.4 Å². The van der Waals surface area contributed by atoms with Crippen LogP contribution in [-0.4, -0.2) is 17.4 Å². The largest absolute Gasteiger partial charge is 0.364 e. The summed E-state index contributed by atoms with van der Waals surface area (Å²) in [5.74, 6) is 0. The van der Waals surface area contributed by atoms with Crippen molar-refractivity contribution in [1.82, 2.24) is 4.98 Å². The van der Waals surface area contributed by atoms with Gasteiger partial charge in [-0.05, 0) is 79.9 Å². The van der Waals surface area contributed by atoms with Crippen LogP contribution >= 0.6 is 88.5 Å². The zero-order valence-electron chi connectivity index (χ0n) is 15.9. The summed E-state index contributed by atoms with van der Waals surface area (Å²) in [6.07, 6.45) is 7.82. The summed E-state index contributed by atoms with van der Waals surface area (Å²) in [4.78, 5) is 12.5. The van der Waals surface area contributed by atoms with E-state index in [-0.39, 0.29) is 41.9 Å². The number of hydrogen-bond donors (Lipinski definition) is 0. The van der Waals surface area contributed by atoms with E-state index in [9.17, 15) is 0 Å². The Morgan fingerprint density at radius 3 is 1.84 bits per heavy atom. The van der Waals surface area contributed by atoms with Gasteiger partial charge in [0.1, 0.15) is 0 Å². The van der Waals surface area contributed by atoms with Crippen molar-refractivity contribution in [2.45, 2.75) is 6.42 Å². The van der Waals surface area contributed by atoms with E-state index >= 15 is 0 Å². The Kier molecular flexibility index (Phi) is 19.4. The first-order valence-corrected chi connectivity index (χ1v) is 11.3. The molecule has 3 nitrogen and oxygen atoms in total. The third kappa shape index (κ3) is 12.6. The molecule has 31 heavy (non-hydrogen) atoms. The first kappa shape index (κ1) is 33.0. The average Bonchev–Trinajstić information content (AvgIpc) is 2.67. The minimum Gasteiger partial charge on any atom is -0.364 e. The monoisotopic (exact) mass is 754 g/mol. The number of aromatic nitrogens is 1. The second-order valence-corrected chi connectivity index (χ2v) is 8.92.